The number of hydrogen-bond donors (Lipinski definition) is 1. The molecule has 1 aromatic heterocycles. The molecule has 108 valence electrons. The highest BCUT2D eigenvalue weighted by molar-refractivity contribution is 5.75. The normalized spacial score (nSPS) is 10.8. The molecule has 4 nitrogen and oxygen atoms in total. The van der Waals surface area contributed by atoms with Gasteiger partial charge < -0.3 is 14.6 Å². The summed E-state index contributed by atoms with van der Waals surface area (Å²) in [6.45, 7) is 3.36. The van der Waals surface area contributed by atoms with Crippen LogP contribution in [0.1, 0.15) is 12.7 Å². The van der Waals surface area contributed by atoms with Gasteiger partial charge in [-0.05, 0) is 43.3 Å². The minimum Gasteiger partial charge on any atom is -0.494 e. The molecule has 4 heteroatoms. The molecule has 0 fully saturated rings. The second-order valence-corrected chi connectivity index (χ2v) is 4.89. The first kappa shape index (κ1) is 13.5. The number of fused-ring (bicyclic) bond motifs is 1. The minimum absolute atomic E-state index is 0.687. The van der Waals surface area contributed by atoms with Crippen molar-refractivity contribution in [2.45, 2.75) is 13.5 Å². The second-order valence-electron chi connectivity index (χ2n) is 4.89. The first-order valence-electron chi connectivity index (χ1n) is 7.15. The number of aryl methyl sites for hydroxylation is 1. The van der Waals surface area contributed by atoms with Gasteiger partial charge in [-0.1, -0.05) is 12.1 Å². The third-order valence-corrected chi connectivity index (χ3v) is 3.50. The van der Waals surface area contributed by atoms with Crippen molar-refractivity contribution < 1.29 is 4.74 Å². The number of rotatable bonds is 5. The average Bonchev–Trinajstić information content (AvgIpc) is 2.84. The fourth-order valence-corrected chi connectivity index (χ4v) is 2.37. The van der Waals surface area contributed by atoms with E-state index in [0.717, 1.165) is 28.3 Å². The van der Waals surface area contributed by atoms with Crippen LogP contribution in [0.15, 0.2) is 48.5 Å². The standard InChI is InChI=1S/C17H19N3O/c1-3-21-14-10-8-13(9-11-14)18-12-17-19-15-6-4-5-7-16(15)20(17)2/h4-11,18H,3,12H2,1-2H3. The van der Waals surface area contributed by atoms with Crippen molar-refractivity contribution in [3.63, 3.8) is 0 Å². The largest absolute Gasteiger partial charge is 0.494 e. The van der Waals surface area contributed by atoms with Gasteiger partial charge >= 0.3 is 0 Å². The number of hydrogen-bond acceptors (Lipinski definition) is 3. The lowest BCUT2D eigenvalue weighted by atomic mass is 10.3. The van der Waals surface area contributed by atoms with E-state index in [9.17, 15) is 0 Å². The summed E-state index contributed by atoms with van der Waals surface area (Å²) >= 11 is 0. The van der Waals surface area contributed by atoms with E-state index in [0.29, 0.717) is 13.2 Å². The van der Waals surface area contributed by atoms with Crippen molar-refractivity contribution in [2.75, 3.05) is 11.9 Å². The van der Waals surface area contributed by atoms with E-state index in [4.69, 9.17) is 4.74 Å². The van der Waals surface area contributed by atoms with Crippen LogP contribution in [0.25, 0.3) is 11.0 Å². The van der Waals surface area contributed by atoms with Crippen molar-refractivity contribution in [1.82, 2.24) is 9.55 Å². The number of nitrogens with one attached hydrogen (secondary N) is 1. The molecule has 21 heavy (non-hydrogen) atoms. The number of para-hydroxylation sites is 2. The summed E-state index contributed by atoms with van der Waals surface area (Å²) in [7, 11) is 2.05. The molecule has 0 atom stereocenters. The molecule has 0 bridgehead atoms. The zero-order valence-corrected chi connectivity index (χ0v) is 12.3. The van der Waals surface area contributed by atoms with Crippen LogP contribution in [0.3, 0.4) is 0 Å². The number of imidazole rings is 1. The summed E-state index contributed by atoms with van der Waals surface area (Å²) in [5, 5.41) is 3.39. The highest BCUT2D eigenvalue weighted by Gasteiger charge is 2.06. The van der Waals surface area contributed by atoms with Crippen LogP contribution in [0.2, 0.25) is 0 Å². The van der Waals surface area contributed by atoms with Crippen molar-refractivity contribution in [3.8, 4) is 5.75 Å². The SMILES string of the molecule is CCOc1ccc(NCc2nc3ccccc3n2C)cc1. The maximum Gasteiger partial charge on any atom is 0.128 e. The van der Waals surface area contributed by atoms with Gasteiger partial charge in [0.1, 0.15) is 11.6 Å². The fraction of sp³-hybridized carbons (Fsp3) is 0.235. The number of anilines is 1. The Kier molecular flexibility index (Phi) is 3.77. The van der Waals surface area contributed by atoms with Crippen LogP contribution in [0.4, 0.5) is 5.69 Å². The van der Waals surface area contributed by atoms with Gasteiger partial charge in [0.15, 0.2) is 0 Å². The van der Waals surface area contributed by atoms with E-state index >= 15 is 0 Å². The Hall–Kier alpha value is -2.49. The Morgan fingerprint density at radius 3 is 2.57 bits per heavy atom. The Balaban J connectivity index is 1.72. The summed E-state index contributed by atoms with van der Waals surface area (Å²) in [5.41, 5.74) is 3.25. The molecule has 0 aliphatic carbocycles. The van der Waals surface area contributed by atoms with E-state index in [2.05, 4.69) is 20.9 Å². The fourth-order valence-electron chi connectivity index (χ4n) is 2.37. The van der Waals surface area contributed by atoms with Crippen molar-refractivity contribution in [2.24, 2.45) is 7.05 Å². The molecule has 0 spiro atoms. The van der Waals surface area contributed by atoms with Crippen LogP contribution in [0, 0.1) is 0 Å². The van der Waals surface area contributed by atoms with Gasteiger partial charge in [-0.2, -0.15) is 0 Å². The Morgan fingerprint density at radius 1 is 1.10 bits per heavy atom. The van der Waals surface area contributed by atoms with Gasteiger partial charge in [-0.3, -0.25) is 0 Å². The molecule has 1 heterocycles. The highest BCUT2D eigenvalue weighted by Crippen LogP contribution is 2.18. The van der Waals surface area contributed by atoms with Gasteiger partial charge in [0, 0.05) is 12.7 Å². The molecular weight excluding hydrogens is 262 g/mol. The molecule has 3 rings (SSSR count). The summed E-state index contributed by atoms with van der Waals surface area (Å²) < 4.78 is 7.56. The Morgan fingerprint density at radius 2 is 1.86 bits per heavy atom. The number of nitrogens with zero attached hydrogens (tertiary/aromatic N) is 2. The van der Waals surface area contributed by atoms with Gasteiger partial charge in [0.2, 0.25) is 0 Å². The molecular formula is C17H19N3O. The first-order chi connectivity index (χ1) is 10.3. The lowest BCUT2D eigenvalue weighted by Gasteiger charge is -2.08. The third kappa shape index (κ3) is 2.84. The average molecular weight is 281 g/mol. The van der Waals surface area contributed by atoms with E-state index in [1.165, 1.54) is 0 Å². The lowest BCUT2D eigenvalue weighted by Crippen LogP contribution is -2.05. The minimum atomic E-state index is 0.687. The van der Waals surface area contributed by atoms with Gasteiger partial charge in [0.25, 0.3) is 0 Å². The van der Waals surface area contributed by atoms with Crippen molar-refractivity contribution in [1.29, 1.82) is 0 Å². The Bertz CT molecular complexity index is 731. The van der Waals surface area contributed by atoms with Crippen LogP contribution in [-0.4, -0.2) is 16.2 Å². The van der Waals surface area contributed by atoms with E-state index in [-0.39, 0.29) is 0 Å². The van der Waals surface area contributed by atoms with Gasteiger partial charge in [-0.15, -0.1) is 0 Å². The first-order valence-corrected chi connectivity index (χ1v) is 7.15. The van der Waals surface area contributed by atoms with Crippen LogP contribution in [0.5, 0.6) is 5.75 Å². The number of aromatic nitrogens is 2. The Labute approximate surface area is 124 Å². The maximum absolute atomic E-state index is 5.44. The lowest BCUT2D eigenvalue weighted by molar-refractivity contribution is 0.340. The molecule has 0 radical (unpaired) electrons. The smallest absolute Gasteiger partial charge is 0.128 e. The van der Waals surface area contributed by atoms with E-state index in [1.54, 1.807) is 0 Å². The molecule has 3 aromatic rings. The third-order valence-electron chi connectivity index (χ3n) is 3.50. The highest BCUT2D eigenvalue weighted by atomic mass is 16.5. The zero-order valence-electron chi connectivity index (χ0n) is 12.3. The second kappa shape index (κ2) is 5.87. The topological polar surface area (TPSA) is 39.1 Å². The summed E-state index contributed by atoms with van der Waals surface area (Å²) in [6, 6.07) is 16.2. The van der Waals surface area contributed by atoms with Crippen molar-refractivity contribution in [3.05, 3.63) is 54.4 Å². The molecule has 0 aliphatic rings. The van der Waals surface area contributed by atoms with Gasteiger partial charge in [-0.25, -0.2) is 4.98 Å². The molecule has 0 aliphatic heterocycles. The van der Waals surface area contributed by atoms with Crippen LogP contribution in [-0.2, 0) is 13.6 Å². The number of benzene rings is 2. The molecule has 1 N–H and O–H groups in total. The molecule has 0 saturated heterocycles. The van der Waals surface area contributed by atoms with Crippen LogP contribution >= 0.6 is 0 Å². The quantitative estimate of drug-likeness (QED) is 0.777. The predicted molar refractivity (Wildman–Crippen MR) is 85.7 cm³/mol. The van der Waals surface area contributed by atoms with Crippen molar-refractivity contribution >= 4 is 16.7 Å². The molecule has 0 unspecified atom stereocenters. The zero-order chi connectivity index (χ0) is 14.7. The molecule has 2 aromatic carbocycles. The maximum atomic E-state index is 5.44. The van der Waals surface area contributed by atoms with E-state index < -0.39 is 0 Å². The predicted octanol–water partition coefficient (Wildman–Crippen LogP) is 3.58. The number of ether oxygens (including phenoxy) is 1. The molecule has 0 amide bonds. The van der Waals surface area contributed by atoms with Crippen LogP contribution < -0.4 is 10.1 Å². The van der Waals surface area contributed by atoms with Gasteiger partial charge in [0.05, 0.1) is 24.2 Å². The van der Waals surface area contributed by atoms with E-state index in [1.807, 2.05) is 56.4 Å². The summed E-state index contributed by atoms with van der Waals surface area (Å²) in [5.74, 6) is 1.91. The summed E-state index contributed by atoms with van der Waals surface area (Å²) in [4.78, 5) is 4.65. The summed E-state index contributed by atoms with van der Waals surface area (Å²) in [6.07, 6.45) is 0. The molecule has 0 saturated carbocycles. The monoisotopic (exact) mass is 281 g/mol.